The molecule has 2 aromatic rings. The largest absolute Gasteiger partial charge is 0.388 e. The van der Waals surface area contributed by atoms with Crippen molar-refractivity contribution >= 4 is 27.3 Å². The summed E-state index contributed by atoms with van der Waals surface area (Å²) in [5.41, 5.74) is 1.89. The van der Waals surface area contributed by atoms with Crippen LogP contribution in [0.5, 0.6) is 0 Å². The molecular weight excluding hydrogens is 341 g/mol. The summed E-state index contributed by atoms with van der Waals surface area (Å²) in [6.07, 6.45) is -0.0343. The highest BCUT2D eigenvalue weighted by Gasteiger charge is 2.10. The van der Waals surface area contributed by atoms with Crippen LogP contribution in [0.15, 0.2) is 39.5 Å². The van der Waals surface area contributed by atoms with Gasteiger partial charge in [-0.3, -0.25) is 0 Å². The number of thiophene rings is 1. The molecule has 20 heavy (non-hydrogen) atoms. The zero-order valence-electron chi connectivity index (χ0n) is 11.2. The van der Waals surface area contributed by atoms with Crippen LogP contribution >= 0.6 is 27.3 Å². The van der Waals surface area contributed by atoms with Gasteiger partial charge in [0.15, 0.2) is 0 Å². The number of benzene rings is 1. The van der Waals surface area contributed by atoms with Crippen LogP contribution in [-0.2, 0) is 6.54 Å². The third-order valence-electron chi connectivity index (χ3n) is 3.09. The number of hydrogen-bond donors (Lipinski definition) is 1. The smallest absolute Gasteiger partial charge is 0.123 e. The van der Waals surface area contributed by atoms with Crippen molar-refractivity contribution in [3.8, 4) is 0 Å². The minimum absolute atomic E-state index is 0.307. The summed E-state index contributed by atoms with van der Waals surface area (Å²) in [6, 6.07) is 8.26. The van der Waals surface area contributed by atoms with Crippen LogP contribution in [-0.4, -0.2) is 23.6 Å². The minimum Gasteiger partial charge on any atom is -0.388 e. The molecule has 1 aromatic heterocycles. The van der Waals surface area contributed by atoms with Gasteiger partial charge < -0.3 is 10.0 Å². The first-order valence-corrected chi connectivity index (χ1v) is 8.07. The fourth-order valence-corrected chi connectivity index (χ4v) is 3.24. The fraction of sp³-hybridized carbons (Fsp3) is 0.333. The molecule has 1 heterocycles. The Morgan fingerprint density at radius 1 is 1.40 bits per heavy atom. The van der Waals surface area contributed by atoms with Gasteiger partial charge in [-0.2, -0.15) is 0 Å². The van der Waals surface area contributed by atoms with Crippen LogP contribution in [0.1, 0.15) is 23.7 Å². The molecule has 1 N–H and O–H groups in total. The van der Waals surface area contributed by atoms with Gasteiger partial charge in [0.25, 0.3) is 0 Å². The molecule has 5 heteroatoms. The highest BCUT2D eigenvalue weighted by atomic mass is 79.9. The van der Waals surface area contributed by atoms with Gasteiger partial charge in [-0.05, 0) is 64.1 Å². The van der Waals surface area contributed by atoms with Crippen molar-refractivity contribution in [3.63, 3.8) is 0 Å². The van der Waals surface area contributed by atoms with E-state index in [1.807, 2.05) is 7.05 Å². The van der Waals surface area contributed by atoms with Crippen LogP contribution in [0, 0.1) is 5.82 Å². The van der Waals surface area contributed by atoms with Crippen LogP contribution < -0.4 is 0 Å². The van der Waals surface area contributed by atoms with Crippen molar-refractivity contribution in [3.05, 3.63) is 56.4 Å². The molecule has 2 nitrogen and oxygen atoms in total. The summed E-state index contributed by atoms with van der Waals surface area (Å²) in [4.78, 5) is 2.15. The predicted molar refractivity (Wildman–Crippen MR) is 84.3 cm³/mol. The average molecular weight is 358 g/mol. The minimum atomic E-state index is -0.623. The molecule has 0 spiro atoms. The summed E-state index contributed by atoms with van der Waals surface area (Å²) < 4.78 is 14.2. The Morgan fingerprint density at radius 3 is 2.85 bits per heavy atom. The highest BCUT2D eigenvalue weighted by molar-refractivity contribution is 9.11. The van der Waals surface area contributed by atoms with Crippen LogP contribution in [0.25, 0.3) is 0 Å². The molecule has 1 atom stereocenters. The maximum atomic E-state index is 13.1. The van der Waals surface area contributed by atoms with Gasteiger partial charge in [-0.15, -0.1) is 11.3 Å². The number of rotatable bonds is 6. The number of nitrogens with zero attached hydrogens (tertiary/aromatic N) is 1. The molecule has 0 amide bonds. The van der Waals surface area contributed by atoms with E-state index in [0.29, 0.717) is 12.0 Å². The highest BCUT2D eigenvalue weighted by Crippen LogP contribution is 2.22. The lowest BCUT2D eigenvalue weighted by Gasteiger charge is -2.18. The molecule has 1 unspecified atom stereocenters. The summed E-state index contributed by atoms with van der Waals surface area (Å²) >= 11 is 5.11. The molecule has 0 fully saturated rings. The Bertz CT molecular complexity index is 560. The molecule has 0 bridgehead atoms. The van der Waals surface area contributed by atoms with E-state index in [2.05, 4.69) is 32.3 Å². The monoisotopic (exact) mass is 357 g/mol. The molecular formula is C15H17BrFNOS. The first-order chi connectivity index (χ1) is 9.54. The van der Waals surface area contributed by atoms with Crippen molar-refractivity contribution in [2.75, 3.05) is 13.6 Å². The van der Waals surface area contributed by atoms with E-state index < -0.39 is 6.10 Å². The van der Waals surface area contributed by atoms with Crippen LogP contribution in [0.2, 0.25) is 0 Å². The maximum absolute atomic E-state index is 13.1. The van der Waals surface area contributed by atoms with E-state index >= 15 is 0 Å². The third kappa shape index (κ3) is 4.66. The Labute approximate surface area is 131 Å². The third-order valence-corrected chi connectivity index (χ3v) is 4.65. The SMILES string of the molecule is CN(CCC(O)c1cccc(F)c1)Cc1csc(Br)c1. The quantitative estimate of drug-likeness (QED) is 0.837. The molecule has 0 radical (unpaired) electrons. The van der Waals surface area contributed by atoms with Gasteiger partial charge in [0.1, 0.15) is 5.82 Å². The first-order valence-electron chi connectivity index (χ1n) is 6.39. The second-order valence-electron chi connectivity index (χ2n) is 4.86. The zero-order chi connectivity index (χ0) is 14.5. The van der Waals surface area contributed by atoms with E-state index in [1.165, 1.54) is 17.7 Å². The fourth-order valence-electron chi connectivity index (χ4n) is 2.04. The van der Waals surface area contributed by atoms with Crippen LogP contribution in [0.3, 0.4) is 0 Å². The van der Waals surface area contributed by atoms with E-state index in [9.17, 15) is 9.50 Å². The molecule has 1 aromatic carbocycles. The summed E-state index contributed by atoms with van der Waals surface area (Å²) in [5, 5.41) is 12.2. The molecule has 0 aliphatic carbocycles. The Kier molecular flexibility index (Phi) is 5.72. The number of hydrogen-bond acceptors (Lipinski definition) is 3. The zero-order valence-corrected chi connectivity index (χ0v) is 13.6. The Morgan fingerprint density at radius 2 is 2.20 bits per heavy atom. The predicted octanol–water partition coefficient (Wildman–Crippen LogP) is 4.21. The number of aliphatic hydroxyl groups excluding tert-OH is 1. The lowest BCUT2D eigenvalue weighted by atomic mass is 10.1. The Hall–Kier alpha value is -0.750. The van der Waals surface area contributed by atoms with E-state index in [0.717, 1.165) is 16.9 Å². The summed E-state index contributed by atoms with van der Waals surface area (Å²) in [6.45, 7) is 1.60. The van der Waals surface area contributed by atoms with E-state index in [4.69, 9.17) is 0 Å². The summed E-state index contributed by atoms with van der Waals surface area (Å²) in [7, 11) is 2.02. The van der Waals surface area contributed by atoms with Crippen LogP contribution in [0.4, 0.5) is 4.39 Å². The van der Waals surface area contributed by atoms with Crippen molar-refractivity contribution in [2.24, 2.45) is 0 Å². The normalized spacial score (nSPS) is 12.8. The van der Waals surface area contributed by atoms with E-state index in [1.54, 1.807) is 23.5 Å². The lowest BCUT2D eigenvalue weighted by molar-refractivity contribution is 0.147. The molecule has 2 rings (SSSR count). The van der Waals surface area contributed by atoms with Gasteiger partial charge in [-0.25, -0.2) is 4.39 Å². The maximum Gasteiger partial charge on any atom is 0.123 e. The van der Waals surface area contributed by atoms with Crippen molar-refractivity contribution in [1.82, 2.24) is 4.90 Å². The second kappa shape index (κ2) is 7.31. The molecule has 0 aliphatic rings. The molecule has 0 saturated heterocycles. The van der Waals surface area contributed by atoms with Gasteiger partial charge in [-0.1, -0.05) is 12.1 Å². The first kappa shape index (κ1) is 15.6. The van der Waals surface area contributed by atoms with E-state index in [-0.39, 0.29) is 5.82 Å². The van der Waals surface area contributed by atoms with Gasteiger partial charge in [0, 0.05) is 13.1 Å². The lowest BCUT2D eigenvalue weighted by Crippen LogP contribution is -2.20. The second-order valence-corrected chi connectivity index (χ2v) is 7.15. The average Bonchev–Trinajstić information content (AvgIpc) is 2.81. The van der Waals surface area contributed by atoms with Crippen molar-refractivity contribution in [1.29, 1.82) is 0 Å². The van der Waals surface area contributed by atoms with Gasteiger partial charge >= 0.3 is 0 Å². The van der Waals surface area contributed by atoms with Gasteiger partial charge in [0.2, 0.25) is 0 Å². The van der Waals surface area contributed by atoms with Crippen molar-refractivity contribution < 1.29 is 9.50 Å². The molecule has 108 valence electrons. The molecule has 0 saturated carbocycles. The molecule has 0 aliphatic heterocycles. The number of halogens is 2. The summed E-state index contributed by atoms with van der Waals surface area (Å²) in [5.74, 6) is -0.307. The van der Waals surface area contributed by atoms with Crippen molar-refractivity contribution in [2.45, 2.75) is 19.1 Å². The Balaban J connectivity index is 1.82. The standard InChI is InChI=1S/C15H17BrFNOS/c1-18(9-11-7-15(16)20-10-11)6-5-14(19)12-3-2-4-13(17)8-12/h2-4,7-8,10,14,19H,5-6,9H2,1H3. The number of aliphatic hydroxyl groups is 1. The van der Waals surface area contributed by atoms with Gasteiger partial charge in [0.05, 0.1) is 9.89 Å². The topological polar surface area (TPSA) is 23.5 Å².